The van der Waals surface area contributed by atoms with Crippen LogP contribution in [0.4, 0.5) is 0 Å². The van der Waals surface area contributed by atoms with Gasteiger partial charge in [0.15, 0.2) is 5.79 Å². The number of aryl methyl sites for hydroxylation is 1. The Hall–Kier alpha value is -1.79. The van der Waals surface area contributed by atoms with Gasteiger partial charge in [-0.1, -0.05) is 0 Å². The first-order valence-electron chi connectivity index (χ1n) is 11.3. The van der Waals surface area contributed by atoms with Gasteiger partial charge in [-0.3, -0.25) is 4.79 Å². The lowest BCUT2D eigenvalue weighted by Crippen LogP contribution is -2.47. The largest absolute Gasteiger partial charge is 0.347 e. The minimum Gasteiger partial charge on any atom is -0.347 e. The molecule has 33 heavy (non-hydrogen) atoms. The minimum atomic E-state index is -3.69. The van der Waals surface area contributed by atoms with Gasteiger partial charge in [0, 0.05) is 51.8 Å². The van der Waals surface area contributed by atoms with Crippen molar-refractivity contribution in [3.63, 3.8) is 0 Å². The third kappa shape index (κ3) is 4.25. The van der Waals surface area contributed by atoms with Gasteiger partial charge >= 0.3 is 0 Å². The summed E-state index contributed by atoms with van der Waals surface area (Å²) in [6.45, 7) is 10.6. The Labute approximate surface area is 199 Å². The van der Waals surface area contributed by atoms with E-state index in [1.807, 2.05) is 32.4 Å². The van der Waals surface area contributed by atoms with Crippen LogP contribution in [-0.2, 0) is 26.5 Å². The van der Waals surface area contributed by atoms with E-state index >= 15 is 0 Å². The number of piperidine rings is 1. The fourth-order valence-corrected chi connectivity index (χ4v) is 7.29. The maximum Gasteiger partial charge on any atom is 0.265 e. The van der Waals surface area contributed by atoms with E-state index in [1.54, 1.807) is 17.9 Å². The summed E-state index contributed by atoms with van der Waals surface area (Å²) < 4.78 is 41.8. The first-order valence-corrected chi connectivity index (χ1v) is 13.6. The Kier molecular flexibility index (Phi) is 6.71. The number of carbonyl (C=O) groups excluding carboxylic acids is 1. The molecule has 0 unspecified atom stereocenters. The van der Waals surface area contributed by atoms with Crippen LogP contribution in [0.3, 0.4) is 0 Å². The molecule has 0 radical (unpaired) electrons. The van der Waals surface area contributed by atoms with Crippen LogP contribution in [0.25, 0.3) is 10.7 Å². The number of nitrogens with zero attached hydrogens (tertiary/aromatic N) is 4. The molecule has 1 amide bonds. The van der Waals surface area contributed by atoms with Gasteiger partial charge in [-0.2, -0.15) is 4.31 Å². The monoisotopic (exact) mass is 496 g/mol. The molecule has 0 aliphatic carbocycles. The van der Waals surface area contributed by atoms with Crippen molar-refractivity contribution in [1.82, 2.24) is 18.8 Å². The highest BCUT2D eigenvalue weighted by Crippen LogP contribution is 2.37. The third-order valence-electron chi connectivity index (χ3n) is 6.67. The molecule has 1 spiro atoms. The predicted octanol–water partition coefficient (Wildman–Crippen LogP) is 2.78. The first-order chi connectivity index (χ1) is 15.6. The molecule has 2 fully saturated rings. The van der Waals surface area contributed by atoms with Crippen molar-refractivity contribution in [2.75, 3.05) is 39.4 Å². The lowest BCUT2D eigenvalue weighted by Gasteiger charge is -2.36. The quantitative estimate of drug-likeness (QED) is 0.611. The maximum atomic E-state index is 13.5. The fraction of sp³-hybridized carbons (Fsp3) is 0.636. The van der Waals surface area contributed by atoms with Gasteiger partial charge in [-0.25, -0.2) is 13.4 Å². The van der Waals surface area contributed by atoms with Gasteiger partial charge in [-0.15, -0.1) is 11.3 Å². The van der Waals surface area contributed by atoms with Crippen molar-refractivity contribution in [3.8, 4) is 10.7 Å². The first kappa shape index (κ1) is 24.3. The van der Waals surface area contributed by atoms with E-state index in [9.17, 15) is 13.2 Å². The highest BCUT2D eigenvalue weighted by molar-refractivity contribution is 7.89. The summed E-state index contributed by atoms with van der Waals surface area (Å²) in [6.07, 6.45) is 1.04. The van der Waals surface area contributed by atoms with Crippen molar-refractivity contribution in [1.29, 1.82) is 0 Å². The Morgan fingerprint density at radius 2 is 1.79 bits per heavy atom. The molecule has 2 saturated heterocycles. The summed E-state index contributed by atoms with van der Waals surface area (Å²) in [5.41, 5.74) is 1.99. The van der Waals surface area contributed by atoms with Crippen LogP contribution in [0.5, 0.6) is 0 Å². The molecule has 2 aromatic rings. The zero-order chi connectivity index (χ0) is 24.0. The minimum absolute atomic E-state index is 0.0429. The zero-order valence-corrected chi connectivity index (χ0v) is 21.5. The zero-order valence-electron chi connectivity index (χ0n) is 19.9. The second kappa shape index (κ2) is 9.10. The molecule has 0 atom stereocenters. The number of rotatable bonds is 6. The predicted molar refractivity (Wildman–Crippen MR) is 126 cm³/mol. The van der Waals surface area contributed by atoms with Crippen molar-refractivity contribution in [3.05, 3.63) is 22.3 Å². The van der Waals surface area contributed by atoms with E-state index < -0.39 is 15.8 Å². The van der Waals surface area contributed by atoms with Crippen molar-refractivity contribution >= 4 is 27.3 Å². The highest BCUT2D eigenvalue weighted by Gasteiger charge is 2.43. The number of hydrogen-bond donors (Lipinski definition) is 0. The number of ether oxygens (including phenoxy) is 2. The van der Waals surface area contributed by atoms with Crippen LogP contribution in [0.1, 0.15) is 47.7 Å². The lowest BCUT2D eigenvalue weighted by molar-refractivity contribution is -0.179. The SMILES string of the molecule is CCN(CC)C(=O)c1sc(-c2cc(S(=O)(=O)N3CCC4(CC3)OCCO4)c(C)n2C)nc1C. The van der Waals surface area contributed by atoms with Gasteiger partial charge in [0.25, 0.3) is 5.91 Å². The number of carbonyl (C=O) groups is 1. The van der Waals surface area contributed by atoms with E-state index in [0.29, 0.717) is 79.2 Å². The standard InChI is InChI=1S/C22H32N4O5S2/c1-6-25(7-2)21(27)19-15(3)23-20(32-19)17-14-18(16(4)24(17)5)33(28,29)26-10-8-22(9-11-26)30-12-13-31-22/h14H,6-13H2,1-5H3. The van der Waals surface area contributed by atoms with Crippen LogP contribution >= 0.6 is 11.3 Å². The highest BCUT2D eigenvalue weighted by atomic mass is 32.2. The molecule has 2 aliphatic rings. The molecular formula is C22H32N4O5S2. The molecule has 0 bridgehead atoms. The lowest BCUT2D eigenvalue weighted by atomic mass is 10.1. The van der Waals surface area contributed by atoms with Crippen molar-refractivity contribution in [2.24, 2.45) is 7.05 Å². The number of thiazole rings is 1. The van der Waals surface area contributed by atoms with Gasteiger partial charge in [0.1, 0.15) is 14.8 Å². The Morgan fingerprint density at radius 3 is 2.36 bits per heavy atom. The Morgan fingerprint density at radius 1 is 1.18 bits per heavy atom. The second-order valence-electron chi connectivity index (χ2n) is 8.46. The molecule has 11 heteroatoms. The smallest absolute Gasteiger partial charge is 0.265 e. The average molecular weight is 497 g/mol. The molecule has 2 aliphatic heterocycles. The van der Waals surface area contributed by atoms with E-state index in [-0.39, 0.29) is 10.8 Å². The van der Waals surface area contributed by atoms with Crippen LogP contribution in [0, 0.1) is 13.8 Å². The molecule has 0 aromatic carbocycles. The molecule has 2 aromatic heterocycles. The summed E-state index contributed by atoms with van der Waals surface area (Å²) in [5, 5.41) is 0.639. The molecular weight excluding hydrogens is 464 g/mol. The number of aromatic nitrogens is 2. The van der Waals surface area contributed by atoms with Crippen LogP contribution in [0.2, 0.25) is 0 Å². The normalized spacial score (nSPS) is 18.8. The van der Waals surface area contributed by atoms with Crippen LogP contribution < -0.4 is 0 Å². The molecule has 0 N–H and O–H groups in total. The fourth-order valence-electron chi connectivity index (χ4n) is 4.49. The van der Waals surface area contributed by atoms with Gasteiger partial charge in [0.05, 0.1) is 24.6 Å². The van der Waals surface area contributed by atoms with E-state index in [0.717, 1.165) is 0 Å². The summed E-state index contributed by atoms with van der Waals surface area (Å²) >= 11 is 1.31. The van der Waals surface area contributed by atoms with E-state index in [4.69, 9.17) is 9.47 Å². The molecule has 4 heterocycles. The van der Waals surface area contributed by atoms with E-state index in [2.05, 4.69) is 4.98 Å². The van der Waals surface area contributed by atoms with Gasteiger partial charge < -0.3 is 18.9 Å². The molecule has 182 valence electrons. The summed E-state index contributed by atoms with van der Waals surface area (Å²) in [6, 6.07) is 1.68. The van der Waals surface area contributed by atoms with Gasteiger partial charge in [0.2, 0.25) is 10.0 Å². The summed E-state index contributed by atoms with van der Waals surface area (Å²) in [7, 11) is -1.86. The van der Waals surface area contributed by atoms with E-state index in [1.165, 1.54) is 15.6 Å². The number of amides is 1. The van der Waals surface area contributed by atoms with Crippen molar-refractivity contribution in [2.45, 2.75) is 51.2 Å². The maximum absolute atomic E-state index is 13.5. The van der Waals surface area contributed by atoms with Crippen LogP contribution in [-0.4, -0.2) is 78.3 Å². The number of hydrogen-bond acceptors (Lipinski definition) is 7. The summed E-state index contributed by atoms with van der Waals surface area (Å²) in [4.78, 5) is 20.1. The Balaban J connectivity index is 1.62. The van der Waals surface area contributed by atoms with Crippen LogP contribution in [0.15, 0.2) is 11.0 Å². The molecule has 0 saturated carbocycles. The molecule has 9 nitrogen and oxygen atoms in total. The van der Waals surface area contributed by atoms with Gasteiger partial charge in [-0.05, 0) is 33.8 Å². The third-order valence-corrected chi connectivity index (χ3v) is 9.85. The Bertz CT molecular complexity index is 1130. The summed E-state index contributed by atoms with van der Waals surface area (Å²) in [5.74, 6) is -0.673. The molecule has 4 rings (SSSR count). The number of sulfonamides is 1. The van der Waals surface area contributed by atoms with Crippen molar-refractivity contribution < 1.29 is 22.7 Å². The second-order valence-corrected chi connectivity index (χ2v) is 11.4. The topological polar surface area (TPSA) is 94.0 Å². The average Bonchev–Trinajstić information content (AvgIpc) is 3.48.